The van der Waals surface area contributed by atoms with Crippen LogP contribution in [0.4, 0.5) is 0 Å². The molecule has 1 atom stereocenters. The second-order valence-electron chi connectivity index (χ2n) is 21.6. The van der Waals surface area contributed by atoms with Gasteiger partial charge in [0.15, 0.2) is 6.10 Å². The lowest BCUT2D eigenvalue weighted by Crippen LogP contribution is -2.30. The van der Waals surface area contributed by atoms with E-state index in [0.717, 1.165) is 141 Å². The Balaban J connectivity index is 4.51. The van der Waals surface area contributed by atoms with Crippen LogP contribution in [0.5, 0.6) is 0 Å². The van der Waals surface area contributed by atoms with Gasteiger partial charge in [0.2, 0.25) is 0 Å². The van der Waals surface area contributed by atoms with Crippen LogP contribution in [-0.4, -0.2) is 37.2 Å². The Bertz CT molecular complexity index is 1830. The molecule has 0 spiro atoms. The van der Waals surface area contributed by atoms with Crippen molar-refractivity contribution >= 4 is 17.9 Å². The molecule has 0 bridgehead atoms. The lowest BCUT2D eigenvalue weighted by atomic mass is 10.1. The van der Waals surface area contributed by atoms with Gasteiger partial charge in [0.1, 0.15) is 13.2 Å². The summed E-state index contributed by atoms with van der Waals surface area (Å²) in [5.74, 6) is -0.986. The molecule has 0 aromatic rings. The summed E-state index contributed by atoms with van der Waals surface area (Å²) >= 11 is 0. The zero-order valence-electron chi connectivity index (χ0n) is 52.9. The Morgan fingerprint density at radius 2 is 0.488 bits per heavy atom. The van der Waals surface area contributed by atoms with Crippen molar-refractivity contribution in [3.8, 4) is 0 Å². The Morgan fingerprint density at radius 1 is 0.256 bits per heavy atom. The second-order valence-corrected chi connectivity index (χ2v) is 21.6. The predicted octanol–water partition coefficient (Wildman–Crippen LogP) is 23.3. The first-order valence-corrected chi connectivity index (χ1v) is 33.5. The SMILES string of the molecule is CC/C=C\C/C=C\C/C=C\C/C=C\C/C=C\C/C=C\C/C=C\CCCC(=O)OC(COC(=O)CCCCCCC/C=C\CCCCCCCCC)COC(=O)CCCCCCCCCCC/C=C\C/C=C\C/C=C\C/C=C\C/C=C\CC. The topological polar surface area (TPSA) is 78.9 Å². The fraction of sp³-hybridized carbons (Fsp3) is 0.618. The molecule has 0 aliphatic carbocycles. The average molecular weight is 1130 g/mol. The highest BCUT2D eigenvalue weighted by molar-refractivity contribution is 5.71. The number of carbonyl (C=O) groups excluding carboxylic acids is 3. The number of hydrogen-bond acceptors (Lipinski definition) is 6. The van der Waals surface area contributed by atoms with Crippen LogP contribution in [0.25, 0.3) is 0 Å². The molecule has 0 amide bonds. The first-order chi connectivity index (χ1) is 40.5. The third kappa shape index (κ3) is 65.8. The number of unbranched alkanes of at least 4 members (excludes halogenated alkanes) is 22. The minimum atomic E-state index is -0.824. The van der Waals surface area contributed by atoms with Gasteiger partial charge < -0.3 is 14.2 Å². The molecule has 0 saturated carbocycles. The third-order valence-electron chi connectivity index (χ3n) is 13.7. The van der Waals surface area contributed by atoms with Gasteiger partial charge in [-0.1, -0.05) is 281 Å². The van der Waals surface area contributed by atoms with E-state index in [1.807, 2.05) is 0 Å². The summed E-state index contributed by atoms with van der Waals surface area (Å²) in [7, 11) is 0. The summed E-state index contributed by atoms with van der Waals surface area (Å²) in [5, 5.41) is 0. The van der Waals surface area contributed by atoms with Gasteiger partial charge in [-0.05, 0) is 141 Å². The summed E-state index contributed by atoms with van der Waals surface area (Å²) in [6.07, 6.45) is 99.7. The molecule has 0 N–H and O–H groups in total. The Labute approximate surface area is 505 Å². The summed E-state index contributed by atoms with van der Waals surface area (Å²) in [5.41, 5.74) is 0. The molecule has 82 heavy (non-hydrogen) atoms. The summed E-state index contributed by atoms with van der Waals surface area (Å²) < 4.78 is 16.9. The van der Waals surface area contributed by atoms with Crippen LogP contribution in [0.3, 0.4) is 0 Å². The lowest BCUT2D eigenvalue weighted by molar-refractivity contribution is -0.167. The quantitative estimate of drug-likeness (QED) is 0.0261. The molecule has 0 aromatic heterocycles. The number of hydrogen-bond donors (Lipinski definition) is 0. The zero-order valence-corrected chi connectivity index (χ0v) is 52.9. The largest absolute Gasteiger partial charge is 0.462 e. The maximum Gasteiger partial charge on any atom is 0.306 e. The maximum absolute atomic E-state index is 12.9. The molecule has 6 nitrogen and oxygen atoms in total. The van der Waals surface area contributed by atoms with Crippen molar-refractivity contribution in [1.82, 2.24) is 0 Å². The Morgan fingerprint density at radius 3 is 0.793 bits per heavy atom. The van der Waals surface area contributed by atoms with E-state index < -0.39 is 6.10 Å². The van der Waals surface area contributed by atoms with Gasteiger partial charge in [-0.25, -0.2) is 0 Å². The molecule has 0 heterocycles. The molecule has 462 valence electrons. The highest BCUT2D eigenvalue weighted by Crippen LogP contribution is 2.15. The first-order valence-electron chi connectivity index (χ1n) is 33.5. The van der Waals surface area contributed by atoms with Crippen molar-refractivity contribution < 1.29 is 28.6 Å². The van der Waals surface area contributed by atoms with Gasteiger partial charge in [0.05, 0.1) is 0 Å². The summed E-state index contributed by atoms with van der Waals surface area (Å²) in [6, 6.07) is 0. The van der Waals surface area contributed by atoms with Crippen LogP contribution in [-0.2, 0) is 28.6 Å². The van der Waals surface area contributed by atoms with Crippen molar-refractivity contribution in [3.63, 3.8) is 0 Å². The van der Waals surface area contributed by atoms with Crippen molar-refractivity contribution in [2.75, 3.05) is 13.2 Å². The zero-order chi connectivity index (χ0) is 59.2. The Kier molecular flexibility index (Phi) is 64.4. The second kappa shape index (κ2) is 68.5. The van der Waals surface area contributed by atoms with Gasteiger partial charge >= 0.3 is 17.9 Å². The monoisotopic (exact) mass is 1130 g/mol. The molecule has 0 saturated heterocycles. The van der Waals surface area contributed by atoms with Crippen molar-refractivity contribution in [3.05, 3.63) is 158 Å². The molecule has 0 aromatic carbocycles. The van der Waals surface area contributed by atoms with Gasteiger partial charge in [-0.3, -0.25) is 14.4 Å². The normalized spacial score (nSPS) is 13.2. The molecule has 0 rings (SSSR count). The fourth-order valence-electron chi connectivity index (χ4n) is 8.81. The maximum atomic E-state index is 12.9. The number of carbonyl (C=O) groups is 3. The van der Waals surface area contributed by atoms with E-state index in [9.17, 15) is 14.4 Å². The van der Waals surface area contributed by atoms with E-state index in [1.54, 1.807) is 0 Å². The fourth-order valence-corrected chi connectivity index (χ4v) is 8.81. The molecule has 0 aliphatic rings. The molecule has 0 radical (unpaired) electrons. The van der Waals surface area contributed by atoms with Gasteiger partial charge in [0, 0.05) is 19.3 Å². The standard InChI is InChI=1S/C76H122O6/c1-4-7-10-13-16-19-22-25-28-31-33-35-37-38-40-41-43-45-48-51-54-57-60-63-66-69-75(78)81-72-73(71-80-74(77)68-65-62-59-56-53-50-47-30-27-24-21-18-15-12-9-6-3)82-76(79)70-67-64-61-58-55-52-49-46-44-42-39-36-34-32-29-26-23-20-17-14-11-8-5-2/h7-8,10-11,16-17,19-20,25-26,28-30,33-36,38,40,42,44,47,49,52,58,61,73H,4-6,9,12-15,18,21-24,27,31-32,37,39,41,43,45-46,48,50-51,53-57,59-60,62-72H2,1-3H3/b10-7-,11-8-,19-16-,20-17-,28-25-,29-26-,35-33-,36-34-,40-38-,44-42-,47-30-,52-49-,61-58-. The molecular weight excluding hydrogens is 1010 g/mol. The lowest BCUT2D eigenvalue weighted by Gasteiger charge is -2.18. The first kappa shape index (κ1) is 77.0. The van der Waals surface area contributed by atoms with Gasteiger partial charge in [-0.2, -0.15) is 0 Å². The number of allylic oxidation sites excluding steroid dienone is 26. The summed E-state index contributed by atoms with van der Waals surface area (Å²) in [6.45, 7) is 6.36. The highest BCUT2D eigenvalue weighted by atomic mass is 16.6. The van der Waals surface area contributed by atoms with Crippen LogP contribution in [0.15, 0.2) is 158 Å². The third-order valence-corrected chi connectivity index (χ3v) is 13.7. The van der Waals surface area contributed by atoms with E-state index in [-0.39, 0.29) is 37.5 Å². The minimum Gasteiger partial charge on any atom is -0.462 e. The number of esters is 3. The van der Waals surface area contributed by atoms with E-state index in [2.05, 4.69) is 179 Å². The highest BCUT2D eigenvalue weighted by Gasteiger charge is 2.19. The van der Waals surface area contributed by atoms with Crippen LogP contribution >= 0.6 is 0 Å². The molecule has 0 aliphatic heterocycles. The van der Waals surface area contributed by atoms with Crippen LogP contribution in [0, 0.1) is 0 Å². The van der Waals surface area contributed by atoms with Crippen LogP contribution in [0.1, 0.15) is 284 Å². The molecular formula is C76H122O6. The Hall–Kier alpha value is -4.97. The van der Waals surface area contributed by atoms with Crippen molar-refractivity contribution in [2.24, 2.45) is 0 Å². The predicted molar refractivity (Wildman–Crippen MR) is 357 cm³/mol. The van der Waals surface area contributed by atoms with Crippen molar-refractivity contribution in [2.45, 2.75) is 290 Å². The van der Waals surface area contributed by atoms with Gasteiger partial charge in [0.25, 0.3) is 0 Å². The van der Waals surface area contributed by atoms with E-state index in [4.69, 9.17) is 14.2 Å². The molecule has 0 fully saturated rings. The smallest absolute Gasteiger partial charge is 0.306 e. The summed E-state index contributed by atoms with van der Waals surface area (Å²) in [4.78, 5) is 38.4. The van der Waals surface area contributed by atoms with Crippen LogP contribution < -0.4 is 0 Å². The van der Waals surface area contributed by atoms with E-state index in [1.165, 1.54) is 96.3 Å². The van der Waals surface area contributed by atoms with E-state index in [0.29, 0.717) is 19.3 Å². The van der Waals surface area contributed by atoms with E-state index >= 15 is 0 Å². The molecule has 6 heteroatoms. The average Bonchev–Trinajstić information content (AvgIpc) is 3.47. The number of rotatable bonds is 59. The minimum absolute atomic E-state index is 0.113. The number of ether oxygens (including phenoxy) is 3. The van der Waals surface area contributed by atoms with Gasteiger partial charge in [-0.15, -0.1) is 0 Å². The molecule has 1 unspecified atom stereocenters. The van der Waals surface area contributed by atoms with Crippen LogP contribution in [0.2, 0.25) is 0 Å². The van der Waals surface area contributed by atoms with Crippen molar-refractivity contribution in [1.29, 1.82) is 0 Å².